The Balaban J connectivity index is 0.00000121. The molecule has 70 valence electrons. The molecule has 0 spiro atoms. The number of aliphatic hydroxyl groups excluding tert-OH is 1. The third-order valence-corrected chi connectivity index (χ3v) is 2.91. The van der Waals surface area contributed by atoms with E-state index in [0.717, 1.165) is 11.0 Å². The first-order valence-electron chi connectivity index (χ1n) is 3.37. The summed E-state index contributed by atoms with van der Waals surface area (Å²) in [5, 5.41) is 13.6. The molecule has 0 atom stereocenters. The Bertz CT molecular complexity index is 219. The minimum absolute atomic E-state index is 0. The SMILES string of the molecule is Cl.OCCNCc1cc(Br)cs1. The molecule has 0 fully saturated rings. The summed E-state index contributed by atoms with van der Waals surface area (Å²) in [7, 11) is 0. The van der Waals surface area contributed by atoms with Crippen LogP contribution in [0, 0.1) is 0 Å². The van der Waals surface area contributed by atoms with E-state index in [2.05, 4.69) is 32.7 Å². The minimum Gasteiger partial charge on any atom is -0.395 e. The van der Waals surface area contributed by atoms with E-state index < -0.39 is 0 Å². The number of nitrogens with one attached hydrogen (secondary N) is 1. The van der Waals surface area contributed by atoms with Gasteiger partial charge >= 0.3 is 0 Å². The van der Waals surface area contributed by atoms with Gasteiger partial charge in [-0.05, 0) is 22.0 Å². The third-order valence-electron chi connectivity index (χ3n) is 1.21. The smallest absolute Gasteiger partial charge is 0.0556 e. The highest BCUT2D eigenvalue weighted by atomic mass is 79.9. The summed E-state index contributed by atoms with van der Waals surface area (Å²) < 4.78 is 1.13. The zero-order chi connectivity index (χ0) is 8.10. The van der Waals surface area contributed by atoms with Gasteiger partial charge in [-0.25, -0.2) is 0 Å². The number of halogens is 2. The third kappa shape index (κ3) is 4.42. The molecule has 0 aliphatic carbocycles. The summed E-state index contributed by atoms with van der Waals surface area (Å²) in [4.78, 5) is 1.28. The lowest BCUT2D eigenvalue weighted by Gasteiger charge is -1.97. The molecule has 2 nitrogen and oxygen atoms in total. The second kappa shape index (κ2) is 6.86. The number of hydrogen-bond acceptors (Lipinski definition) is 3. The zero-order valence-electron chi connectivity index (χ0n) is 6.42. The van der Waals surface area contributed by atoms with Gasteiger partial charge in [-0.3, -0.25) is 0 Å². The van der Waals surface area contributed by atoms with Crippen LogP contribution in [0.5, 0.6) is 0 Å². The maximum atomic E-state index is 8.48. The second-order valence-corrected chi connectivity index (χ2v) is 4.04. The monoisotopic (exact) mass is 271 g/mol. The quantitative estimate of drug-likeness (QED) is 0.822. The topological polar surface area (TPSA) is 32.3 Å². The van der Waals surface area contributed by atoms with E-state index >= 15 is 0 Å². The first kappa shape index (κ1) is 12.4. The normalized spacial score (nSPS) is 9.50. The van der Waals surface area contributed by atoms with E-state index in [1.807, 2.05) is 0 Å². The van der Waals surface area contributed by atoms with Gasteiger partial charge in [0, 0.05) is 27.8 Å². The van der Waals surface area contributed by atoms with Crippen molar-refractivity contribution in [1.29, 1.82) is 0 Å². The van der Waals surface area contributed by atoms with Crippen molar-refractivity contribution in [3.63, 3.8) is 0 Å². The molecular formula is C7H11BrClNOS. The Morgan fingerprint density at radius 3 is 2.83 bits per heavy atom. The van der Waals surface area contributed by atoms with Crippen molar-refractivity contribution < 1.29 is 5.11 Å². The van der Waals surface area contributed by atoms with E-state index in [1.54, 1.807) is 11.3 Å². The summed E-state index contributed by atoms with van der Waals surface area (Å²) in [5.74, 6) is 0. The van der Waals surface area contributed by atoms with Crippen molar-refractivity contribution in [3.8, 4) is 0 Å². The lowest BCUT2D eigenvalue weighted by Crippen LogP contribution is -2.16. The summed E-state index contributed by atoms with van der Waals surface area (Å²) in [6.45, 7) is 1.71. The van der Waals surface area contributed by atoms with Crippen LogP contribution in [-0.4, -0.2) is 18.3 Å². The van der Waals surface area contributed by atoms with Gasteiger partial charge in [-0.1, -0.05) is 0 Å². The minimum atomic E-state index is 0. The first-order valence-corrected chi connectivity index (χ1v) is 5.04. The van der Waals surface area contributed by atoms with Gasteiger partial charge in [0.15, 0.2) is 0 Å². The molecule has 5 heteroatoms. The van der Waals surface area contributed by atoms with Gasteiger partial charge in [-0.15, -0.1) is 23.7 Å². The molecule has 1 heterocycles. The van der Waals surface area contributed by atoms with Crippen LogP contribution in [0.25, 0.3) is 0 Å². The summed E-state index contributed by atoms with van der Waals surface area (Å²) in [6, 6.07) is 2.08. The average Bonchev–Trinajstić information content (AvgIpc) is 2.37. The lowest BCUT2D eigenvalue weighted by atomic mass is 10.4. The second-order valence-electron chi connectivity index (χ2n) is 2.13. The van der Waals surface area contributed by atoms with Gasteiger partial charge in [0.1, 0.15) is 0 Å². The molecule has 12 heavy (non-hydrogen) atoms. The maximum Gasteiger partial charge on any atom is 0.0556 e. The Hall–Kier alpha value is 0.390. The fraction of sp³-hybridized carbons (Fsp3) is 0.429. The van der Waals surface area contributed by atoms with Crippen molar-refractivity contribution >= 4 is 39.7 Å². The van der Waals surface area contributed by atoms with Gasteiger partial charge in [0.05, 0.1) is 6.61 Å². The molecule has 0 radical (unpaired) electrons. The largest absolute Gasteiger partial charge is 0.395 e. The van der Waals surface area contributed by atoms with E-state index in [4.69, 9.17) is 5.11 Å². The van der Waals surface area contributed by atoms with E-state index in [0.29, 0.717) is 6.54 Å². The van der Waals surface area contributed by atoms with Crippen LogP contribution in [0.15, 0.2) is 15.9 Å². The first-order chi connectivity index (χ1) is 5.33. The molecule has 0 bridgehead atoms. The van der Waals surface area contributed by atoms with Crippen molar-refractivity contribution in [3.05, 3.63) is 20.8 Å². The zero-order valence-corrected chi connectivity index (χ0v) is 9.64. The highest BCUT2D eigenvalue weighted by Gasteiger charge is 1.95. The van der Waals surface area contributed by atoms with Crippen LogP contribution in [0.3, 0.4) is 0 Å². The predicted octanol–water partition coefficient (Wildman–Crippen LogP) is 2.01. The van der Waals surface area contributed by atoms with Crippen molar-refractivity contribution in [2.75, 3.05) is 13.2 Å². The number of aliphatic hydroxyl groups is 1. The van der Waals surface area contributed by atoms with Crippen LogP contribution < -0.4 is 5.32 Å². The van der Waals surface area contributed by atoms with Gasteiger partial charge in [0.25, 0.3) is 0 Å². The van der Waals surface area contributed by atoms with Crippen molar-refractivity contribution in [1.82, 2.24) is 5.32 Å². The molecule has 1 aromatic heterocycles. The maximum absolute atomic E-state index is 8.48. The number of thiophene rings is 1. The summed E-state index contributed by atoms with van der Waals surface area (Å²) >= 11 is 5.08. The van der Waals surface area contributed by atoms with Gasteiger partial charge in [0.2, 0.25) is 0 Å². The van der Waals surface area contributed by atoms with E-state index in [-0.39, 0.29) is 19.0 Å². The highest BCUT2D eigenvalue weighted by molar-refractivity contribution is 9.10. The molecule has 0 aliphatic heterocycles. The molecule has 1 rings (SSSR count). The molecule has 0 unspecified atom stereocenters. The number of hydrogen-bond donors (Lipinski definition) is 2. The average molecular weight is 273 g/mol. The highest BCUT2D eigenvalue weighted by Crippen LogP contribution is 2.19. The van der Waals surface area contributed by atoms with Gasteiger partial charge in [-0.2, -0.15) is 0 Å². The Labute approximate surface area is 90.5 Å². The summed E-state index contributed by atoms with van der Waals surface area (Å²) in [5.41, 5.74) is 0. The van der Waals surface area contributed by atoms with Crippen molar-refractivity contribution in [2.45, 2.75) is 6.54 Å². The molecule has 0 aliphatic rings. The van der Waals surface area contributed by atoms with Crippen molar-refractivity contribution in [2.24, 2.45) is 0 Å². The van der Waals surface area contributed by atoms with Crippen LogP contribution in [0.1, 0.15) is 4.88 Å². The molecular weight excluding hydrogens is 262 g/mol. The molecule has 0 saturated heterocycles. The standard InChI is InChI=1S/C7H10BrNOS.ClH/c8-6-3-7(11-5-6)4-9-1-2-10;/h3,5,9-10H,1-2,4H2;1H. The van der Waals surface area contributed by atoms with Crippen LogP contribution in [0.4, 0.5) is 0 Å². The Morgan fingerprint density at radius 2 is 2.33 bits per heavy atom. The van der Waals surface area contributed by atoms with Crippen LogP contribution in [-0.2, 0) is 6.54 Å². The molecule has 2 N–H and O–H groups in total. The van der Waals surface area contributed by atoms with Crippen LogP contribution in [0.2, 0.25) is 0 Å². The van der Waals surface area contributed by atoms with Crippen LogP contribution >= 0.6 is 39.7 Å². The predicted molar refractivity (Wildman–Crippen MR) is 58.1 cm³/mol. The molecule has 0 saturated carbocycles. The molecule has 1 aromatic rings. The molecule has 0 aromatic carbocycles. The number of rotatable bonds is 4. The fourth-order valence-electron chi connectivity index (χ4n) is 0.737. The lowest BCUT2D eigenvalue weighted by molar-refractivity contribution is 0.292. The summed E-state index contributed by atoms with van der Waals surface area (Å²) in [6.07, 6.45) is 0. The van der Waals surface area contributed by atoms with E-state index in [9.17, 15) is 0 Å². The molecule has 0 amide bonds. The van der Waals surface area contributed by atoms with Gasteiger partial charge < -0.3 is 10.4 Å². The Morgan fingerprint density at radius 1 is 1.58 bits per heavy atom. The van der Waals surface area contributed by atoms with E-state index in [1.165, 1.54) is 4.88 Å². The Kier molecular flexibility index (Phi) is 7.08. The fourth-order valence-corrected chi connectivity index (χ4v) is 2.16.